The zero-order valence-corrected chi connectivity index (χ0v) is 19.4. The molecule has 31 heavy (non-hydrogen) atoms. The van der Waals surface area contributed by atoms with E-state index in [0.29, 0.717) is 24.8 Å². The molecule has 1 heterocycles. The van der Waals surface area contributed by atoms with Crippen molar-refractivity contribution in [2.75, 3.05) is 18.8 Å². The van der Waals surface area contributed by atoms with Crippen LogP contribution in [0.2, 0.25) is 0 Å². The molecule has 1 aliphatic rings. The van der Waals surface area contributed by atoms with Gasteiger partial charge in [0.15, 0.2) is 0 Å². The largest absolute Gasteiger partial charge is 0.416 e. The Morgan fingerprint density at radius 1 is 1.19 bits per heavy atom. The summed E-state index contributed by atoms with van der Waals surface area (Å²) in [7, 11) is -3.31. The van der Waals surface area contributed by atoms with Gasteiger partial charge in [-0.2, -0.15) is 13.2 Å². The third kappa shape index (κ3) is 6.94. The smallest absolute Gasteiger partial charge is 0.349 e. The molecular weight excluding hydrogens is 429 g/mol. The summed E-state index contributed by atoms with van der Waals surface area (Å²) in [5.41, 5.74) is -0.862. The fourth-order valence-corrected chi connectivity index (χ4v) is 5.49. The summed E-state index contributed by atoms with van der Waals surface area (Å²) in [4.78, 5) is 12.9. The number of nitrogens with one attached hydrogen (secondary N) is 1. The topological polar surface area (TPSA) is 66.5 Å². The van der Waals surface area contributed by atoms with Crippen LogP contribution >= 0.6 is 0 Å². The number of amides is 1. The van der Waals surface area contributed by atoms with Crippen molar-refractivity contribution in [1.82, 2.24) is 9.62 Å². The molecule has 1 amide bonds. The van der Waals surface area contributed by atoms with Gasteiger partial charge < -0.3 is 5.32 Å². The average molecular weight is 463 g/mol. The maximum atomic E-state index is 13.2. The van der Waals surface area contributed by atoms with E-state index in [-0.39, 0.29) is 30.7 Å². The summed E-state index contributed by atoms with van der Waals surface area (Å²) < 4.78 is 65.6. The number of alkyl halides is 3. The molecule has 5 nitrogen and oxygen atoms in total. The number of rotatable bonds is 7. The van der Waals surface area contributed by atoms with Gasteiger partial charge in [0.2, 0.25) is 15.9 Å². The van der Waals surface area contributed by atoms with Crippen molar-refractivity contribution in [3.63, 3.8) is 0 Å². The molecule has 1 aliphatic heterocycles. The van der Waals surface area contributed by atoms with E-state index in [0.717, 1.165) is 18.6 Å². The molecule has 0 bridgehead atoms. The number of hydrogen-bond acceptors (Lipinski definition) is 3. The lowest BCUT2D eigenvalue weighted by Gasteiger charge is -2.35. The van der Waals surface area contributed by atoms with Crippen LogP contribution in [0.1, 0.15) is 70.5 Å². The van der Waals surface area contributed by atoms with Gasteiger partial charge in [0.25, 0.3) is 0 Å². The van der Waals surface area contributed by atoms with E-state index in [1.807, 2.05) is 27.7 Å². The Morgan fingerprint density at radius 2 is 1.81 bits per heavy atom. The molecule has 1 N–H and O–H groups in total. The Bertz CT molecular complexity index is 855. The molecule has 1 unspecified atom stereocenters. The van der Waals surface area contributed by atoms with Crippen molar-refractivity contribution in [2.45, 2.75) is 65.6 Å². The summed E-state index contributed by atoms with van der Waals surface area (Å²) in [6.07, 6.45) is -2.26. The van der Waals surface area contributed by atoms with Gasteiger partial charge in [-0.3, -0.25) is 4.79 Å². The maximum absolute atomic E-state index is 13.2. The van der Waals surface area contributed by atoms with E-state index >= 15 is 0 Å². The van der Waals surface area contributed by atoms with E-state index in [9.17, 15) is 26.4 Å². The number of halogens is 3. The summed E-state index contributed by atoms with van der Waals surface area (Å²) in [5.74, 6) is -0.502. The summed E-state index contributed by atoms with van der Waals surface area (Å²) in [5, 5.41) is 2.94. The van der Waals surface area contributed by atoms with E-state index in [1.165, 1.54) is 10.4 Å². The molecule has 0 spiro atoms. The van der Waals surface area contributed by atoms with Gasteiger partial charge in [-0.05, 0) is 42.4 Å². The predicted octanol–water partition coefficient (Wildman–Crippen LogP) is 4.75. The molecular formula is C22H33F3N2O3S. The van der Waals surface area contributed by atoms with E-state index in [2.05, 4.69) is 5.32 Å². The highest BCUT2D eigenvalue weighted by molar-refractivity contribution is 7.89. The number of sulfonamides is 1. The number of hydrogen-bond donors (Lipinski definition) is 1. The van der Waals surface area contributed by atoms with Gasteiger partial charge in [-0.1, -0.05) is 46.2 Å². The molecule has 1 atom stereocenters. The highest BCUT2D eigenvalue weighted by Gasteiger charge is 2.36. The van der Waals surface area contributed by atoms with Crippen molar-refractivity contribution in [2.24, 2.45) is 11.3 Å². The number of nitrogens with zero attached hydrogens (tertiary/aromatic N) is 1. The molecule has 0 radical (unpaired) electrons. The Labute approximate surface area is 183 Å². The van der Waals surface area contributed by atoms with Crippen LogP contribution in [0.25, 0.3) is 0 Å². The first kappa shape index (κ1) is 25.6. The molecule has 1 saturated heterocycles. The Balaban J connectivity index is 2.10. The third-order valence-corrected chi connectivity index (χ3v) is 7.63. The molecule has 176 valence electrons. The Morgan fingerprint density at radius 3 is 2.32 bits per heavy atom. The van der Waals surface area contributed by atoms with Gasteiger partial charge in [-0.25, -0.2) is 12.7 Å². The first-order valence-corrected chi connectivity index (χ1v) is 12.3. The quantitative estimate of drug-likeness (QED) is 0.636. The molecule has 0 saturated carbocycles. The van der Waals surface area contributed by atoms with Crippen LogP contribution in [-0.4, -0.2) is 37.5 Å². The summed E-state index contributed by atoms with van der Waals surface area (Å²) in [6, 6.07) is 4.43. The van der Waals surface area contributed by atoms with Crippen LogP contribution in [0.15, 0.2) is 24.3 Å². The number of unbranched alkanes of at least 4 members (excludes halogenated alkanes) is 1. The van der Waals surface area contributed by atoms with Crippen LogP contribution in [-0.2, 0) is 21.0 Å². The van der Waals surface area contributed by atoms with Crippen molar-refractivity contribution >= 4 is 15.9 Å². The van der Waals surface area contributed by atoms with E-state index < -0.39 is 33.2 Å². The van der Waals surface area contributed by atoms with Crippen molar-refractivity contribution in [3.05, 3.63) is 35.4 Å². The normalized spacial score (nSPS) is 18.0. The monoisotopic (exact) mass is 462 g/mol. The Hall–Kier alpha value is -1.61. The van der Waals surface area contributed by atoms with Crippen molar-refractivity contribution in [3.8, 4) is 0 Å². The first-order chi connectivity index (χ1) is 14.3. The lowest BCUT2D eigenvalue weighted by molar-refractivity contribution is -0.137. The van der Waals surface area contributed by atoms with Crippen molar-refractivity contribution < 1.29 is 26.4 Å². The highest BCUT2D eigenvalue weighted by Crippen LogP contribution is 2.37. The second kappa shape index (κ2) is 9.90. The van der Waals surface area contributed by atoms with Crippen LogP contribution in [0.4, 0.5) is 13.2 Å². The summed E-state index contributed by atoms with van der Waals surface area (Å²) >= 11 is 0. The minimum absolute atomic E-state index is 0.113. The average Bonchev–Trinajstić information content (AvgIpc) is 2.69. The number of benzene rings is 1. The van der Waals surface area contributed by atoms with Gasteiger partial charge in [0, 0.05) is 19.0 Å². The zero-order valence-electron chi connectivity index (χ0n) is 18.6. The van der Waals surface area contributed by atoms with Crippen LogP contribution in [0.3, 0.4) is 0 Å². The van der Waals surface area contributed by atoms with Crippen LogP contribution in [0, 0.1) is 11.3 Å². The van der Waals surface area contributed by atoms with E-state index in [1.54, 1.807) is 6.07 Å². The van der Waals surface area contributed by atoms with Gasteiger partial charge in [0.1, 0.15) is 0 Å². The minimum atomic E-state index is -4.46. The van der Waals surface area contributed by atoms with Crippen LogP contribution < -0.4 is 5.32 Å². The minimum Gasteiger partial charge on any atom is -0.349 e. The fourth-order valence-electron chi connectivity index (χ4n) is 3.81. The standard InChI is InChI=1S/C22H33F3N2O3S/c1-5-6-14-31(29,30)27-12-10-16(11-13-27)20(28)26-19(21(2,3)4)17-8-7-9-18(15-17)22(23,24)25/h7-9,15-16,19H,5-6,10-14H2,1-4H3,(H,26,28). The number of piperidine rings is 1. The molecule has 2 rings (SSSR count). The molecule has 1 aromatic rings. The predicted molar refractivity (Wildman–Crippen MR) is 115 cm³/mol. The second-order valence-corrected chi connectivity index (χ2v) is 11.4. The Kier molecular flexibility index (Phi) is 8.19. The lowest BCUT2D eigenvalue weighted by atomic mass is 9.81. The molecule has 1 fully saturated rings. The number of carbonyl (C=O) groups excluding carboxylic acids is 1. The highest BCUT2D eigenvalue weighted by atomic mass is 32.2. The van der Waals surface area contributed by atoms with Gasteiger partial charge >= 0.3 is 6.18 Å². The fraction of sp³-hybridized carbons (Fsp3) is 0.682. The SMILES string of the molecule is CCCCS(=O)(=O)N1CCC(C(=O)NC(c2cccc(C(F)(F)F)c2)C(C)(C)C)CC1. The molecule has 1 aromatic carbocycles. The molecule has 9 heteroatoms. The third-order valence-electron chi connectivity index (χ3n) is 5.67. The molecule has 0 aliphatic carbocycles. The van der Waals surface area contributed by atoms with Crippen LogP contribution in [0.5, 0.6) is 0 Å². The van der Waals surface area contributed by atoms with Gasteiger partial charge in [0.05, 0.1) is 17.4 Å². The maximum Gasteiger partial charge on any atom is 0.416 e. The second-order valence-electron chi connectivity index (χ2n) is 9.27. The summed E-state index contributed by atoms with van der Waals surface area (Å²) in [6.45, 7) is 8.09. The zero-order chi connectivity index (χ0) is 23.4. The first-order valence-electron chi connectivity index (χ1n) is 10.7. The van der Waals surface area contributed by atoms with Crippen molar-refractivity contribution in [1.29, 1.82) is 0 Å². The number of carbonyl (C=O) groups is 1. The van der Waals surface area contributed by atoms with Gasteiger partial charge in [-0.15, -0.1) is 0 Å². The lowest BCUT2D eigenvalue weighted by Crippen LogP contribution is -2.45. The molecule has 0 aromatic heterocycles. The van der Waals surface area contributed by atoms with E-state index in [4.69, 9.17) is 0 Å².